The van der Waals surface area contributed by atoms with Crippen LogP contribution in [0.3, 0.4) is 0 Å². The van der Waals surface area contributed by atoms with Crippen LogP contribution in [-0.2, 0) is 6.42 Å². The van der Waals surface area contributed by atoms with E-state index in [-0.39, 0.29) is 0 Å². The molecule has 1 aliphatic rings. The first-order valence-electron chi connectivity index (χ1n) is 6.19. The van der Waals surface area contributed by atoms with Gasteiger partial charge in [0, 0.05) is 18.3 Å². The Bertz CT molecular complexity index is 391. The van der Waals surface area contributed by atoms with Crippen molar-refractivity contribution in [1.82, 2.24) is 4.90 Å². The zero-order valence-electron chi connectivity index (χ0n) is 10.3. The monoisotopic (exact) mass is 229 g/mol. The Morgan fingerprint density at radius 1 is 1.41 bits per heavy atom. The number of rotatable bonds is 3. The molecule has 1 aromatic rings. The predicted molar refractivity (Wildman–Crippen MR) is 69.9 cm³/mol. The van der Waals surface area contributed by atoms with Gasteiger partial charge in [-0.1, -0.05) is 12.1 Å². The quantitative estimate of drug-likeness (QED) is 0.864. The molecule has 3 heteroatoms. The number of nitrogens with zero attached hydrogens (tertiary/aromatic N) is 2. The molecule has 1 atom stereocenters. The van der Waals surface area contributed by atoms with E-state index in [0.717, 1.165) is 17.8 Å². The molecule has 17 heavy (non-hydrogen) atoms. The fourth-order valence-electron chi connectivity index (χ4n) is 2.33. The fourth-order valence-corrected chi connectivity index (χ4v) is 2.33. The molecule has 0 aliphatic carbocycles. The molecule has 0 amide bonds. The van der Waals surface area contributed by atoms with E-state index in [2.05, 4.69) is 35.5 Å². The van der Waals surface area contributed by atoms with Crippen molar-refractivity contribution >= 4 is 5.69 Å². The molecular weight excluding hydrogens is 210 g/mol. The Morgan fingerprint density at radius 2 is 2.18 bits per heavy atom. The van der Waals surface area contributed by atoms with E-state index in [0.29, 0.717) is 12.5 Å². The normalized spacial score (nSPS) is 20.8. The Labute approximate surface area is 103 Å². The minimum atomic E-state index is 0.493. The Balaban J connectivity index is 1.92. The van der Waals surface area contributed by atoms with Gasteiger partial charge in [-0.25, -0.2) is 0 Å². The van der Waals surface area contributed by atoms with Gasteiger partial charge < -0.3 is 10.2 Å². The van der Waals surface area contributed by atoms with Crippen molar-refractivity contribution in [2.24, 2.45) is 0 Å². The summed E-state index contributed by atoms with van der Waals surface area (Å²) in [6.45, 7) is 2.32. The molecule has 0 spiro atoms. The van der Waals surface area contributed by atoms with Crippen LogP contribution in [0.2, 0.25) is 0 Å². The molecule has 1 saturated heterocycles. The molecule has 0 aromatic heterocycles. The Hall–Kier alpha value is -1.53. The lowest BCUT2D eigenvalue weighted by atomic mass is 10.1. The predicted octanol–water partition coefficient (Wildman–Crippen LogP) is 2.26. The summed E-state index contributed by atoms with van der Waals surface area (Å²) < 4.78 is 0. The van der Waals surface area contributed by atoms with Gasteiger partial charge in [0.1, 0.15) is 0 Å². The van der Waals surface area contributed by atoms with E-state index < -0.39 is 0 Å². The number of piperidine rings is 1. The first-order valence-corrected chi connectivity index (χ1v) is 6.19. The van der Waals surface area contributed by atoms with Crippen LogP contribution in [0.5, 0.6) is 0 Å². The number of benzene rings is 1. The lowest BCUT2D eigenvalue weighted by Crippen LogP contribution is -2.39. The highest BCUT2D eigenvalue weighted by Gasteiger charge is 2.16. The lowest BCUT2D eigenvalue weighted by molar-refractivity contribution is 0.261. The van der Waals surface area contributed by atoms with Crippen LogP contribution in [0.15, 0.2) is 24.3 Å². The third kappa shape index (κ3) is 3.47. The molecule has 0 radical (unpaired) electrons. The number of likely N-dealkylation sites (N-methyl/N-ethyl adjacent to an activating group) is 1. The van der Waals surface area contributed by atoms with Gasteiger partial charge in [0.05, 0.1) is 12.5 Å². The van der Waals surface area contributed by atoms with Gasteiger partial charge in [0.25, 0.3) is 0 Å². The van der Waals surface area contributed by atoms with E-state index >= 15 is 0 Å². The van der Waals surface area contributed by atoms with Crippen molar-refractivity contribution in [3.63, 3.8) is 0 Å². The van der Waals surface area contributed by atoms with E-state index in [1.54, 1.807) is 0 Å². The molecule has 1 fully saturated rings. The van der Waals surface area contributed by atoms with Crippen LogP contribution in [0, 0.1) is 11.3 Å². The Kier molecular flexibility index (Phi) is 4.00. The van der Waals surface area contributed by atoms with Gasteiger partial charge in [-0.15, -0.1) is 0 Å². The highest BCUT2D eigenvalue weighted by Crippen LogP contribution is 2.16. The molecule has 0 saturated carbocycles. The van der Waals surface area contributed by atoms with Crippen molar-refractivity contribution in [3.8, 4) is 6.07 Å². The minimum Gasteiger partial charge on any atom is -0.381 e. The number of hydrogen-bond donors (Lipinski definition) is 1. The topological polar surface area (TPSA) is 39.1 Å². The van der Waals surface area contributed by atoms with E-state index in [1.807, 2.05) is 12.1 Å². The van der Waals surface area contributed by atoms with Gasteiger partial charge >= 0.3 is 0 Å². The molecule has 1 N–H and O–H groups in total. The van der Waals surface area contributed by atoms with Crippen molar-refractivity contribution in [3.05, 3.63) is 29.8 Å². The summed E-state index contributed by atoms with van der Waals surface area (Å²) >= 11 is 0. The summed E-state index contributed by atoms with van der Waals surface area (Å²) in [5.41, 5.74) is 2.24. The molecule has 1 unspecified atom stereocenters. The maximum Gasteiger partial charge on any atom is 0.0669 e. The summed E-state index contributed by atoms with van der Waals surface area (Å²) in [5, 5.41) is 12.2. The number of nitrogens with one attached hydrogen (secondary N) is 1. The van der Waals surface area contributed by atoms with E-state index in [1.165, 1.54) is 19.4 Å². The van der Waals surface area contributed by atoms with Crippen LogP contribution in [0.1, 0.15) is 18.4 Å². The highest BCUT2D eigenvalue weighted by molar-refractivity contribution is 5.46. The van der Waals surface area contributed by atoms with Crippen molar-refractivity contribution in [2.75, 3.05) is 25.5 Å². The molecular formula is C14H19N3. The summed E-state index contributed by atoms with van der Waals surface area (Å²) in [7, 11) is 2.17. The lowest BCUT2D eigenvalue weighted by Gasteiger charge is -2.30. The minimum absolute atomic E-state index is 0.493. The number of nitriles is 1. The SMILES string of the molecule is CN1CCCC(Nc2ccc(CC#N)cc2)C1. The standard InChI is InChI=1S/C14H19N3/c1-17-10-2-3-14(11-17)16-13-6-4-12(5-7-13)8-9-15/h4-7,14,16H,2-3,8,10-11H2,1H3. The zero-order chi connectivity index (χ0) is 12.1. The van der Waals surface area contributed by atoms with E-state index in [4.69, 9.17) is 5.26 Å². The first kappa shape index (κ1) is 11.9. The smallest absolute Gasteiger partial charge is 0.0669 e. The highest BCUT2D eigenvalue weighted by atomic mass is 15.1. The van der Waals surface area contributed by atoms with Crippen molar-refractivity contribution in [2.45, 2.75) is 25.3 Å². The fraction of sp³-hybridized carbons (Fsp3) is 0.500. The third-order valence-corrected chi connectivity index (χ3v) is 3.23. The van der Waals surface area contributed by atoms with Crippen LogP contribution in [0.4, 0.5) is 5.69 Å². The third-order valence-electron chi connectivity index (χ3n) is 3.23. The second-order valence-corrected chi connectivity index (χ2v) is 4.78. The molecule has 2 rings (SSSR count). The molecule has 90 valence electrons. The summed E-state index contributed by atoms with van der Waals surface area (Å²) in [5.74, 6) is 0. The van der Waals surface area contributed by atoms with Gasteiger partial charge in [-0.05, 0) is 44.1 Å². The van der Waals surface area contributed by atoms with Crippen LogP contribution in [-0.4, -0.2) is 31.1 Å². The molecule has 0 bridgehead atoms. The van der Waals surface area contributed by atoms with Crippen LogP contribution >= 0.6 is 0 Å². The zero-order valence-corrected chi connectivity index (χ0v) is 10.3. The second-order valence-electron chi connectivity index (χ2n) is 4.78. The maximum absolute atomic E-state index is 8.61. The summed E-state index contributed by atoms with van der Waals surface area (Å²) in [4.78, 5) is 2.37. The summed E-state index contributed by atoms with van der Waals surface area (Å²) in [6, 6.07) is 10.9. The average Bonchev–Trinajstić information content (AvgIpc) is 2.32. The van der Waals surface area contributed by atoms with Gasteiger partial charge in [0.15, 0.2) is 0 Å². The molecule has 3 nitrogen and oxygen atoms in total. The number of hydrogen-bond acceptors (Lipinski definition) is 3. The van der Waals surface area contributed by atoms with Crippen LogP contribution < -0.4 is 5.32 Å². The largest absolute Gasteiger partial charge is 0.381 e. The Morgan fingerprint density at radius 3 is 2.82 bits per heavy atom. The van der Waals surface area contributed by atoms with Crippen molar-refractivity contribution < 1.29 is 0 Å². The average molecular weight is 229 g/mol. The van der Waals surface area contributed by atoms with Gasteiger partial charge in [-0.3, -0.25) is 0 Å². The molecule has 1 aromatic carbocycles. The second kappa shape index (κ2) is 5.70. The number of anilines is 1. The van der Waals surface area contributed by atoms with Gasteiger partial charge in [-0.2, -0.15) is 5.26 Å². The summed E-state index contributed by atoms with van der Waals surface area (Å²) in [6.07, 6.45) is 3.00. The number of likely N-dealkylation sites (tertiary alicyclic amines) is 1. The first-order chi connectivity index (χ1) is 8.28. The molecule has 1 heterocycles. The molecule has 1 aliphatic heterocycles. The van der Waals surface area contributed by atoms with Crippen LogP contribution in [0.25, 0.3) is 0 Å². The van der Waals surface area contributed by atoms with Crippen molar-refractivity contribution in [1.29, 1.82) is 5.26 Å². The van der Waals surface area contributed by atoms with E-state index in [9.17, 15) is 0 Å². The maximum atomic E-state index is 8.61. The van der Waals surface area contributed by atoms with Gasteiger partial charge in [0.2, 0.25) is 0 Å².